The van der Waals surface area contributed by atoms with Crippen LogP contribution in [0.1, 0.15) is 151 Å². The van der Waals surface area contributed by atoms with Gasteiger partial charge in [-0.3, -0.25) is 0 Å². The first-order valence-electron chi connectivity index (χ1n) is 15.8. The van der Waals surface area contributed by atoms with Crippen molar-refractivity contribution in [2.75, 3.05) is 0 Å². The van der Waals surface area contributed by atoms with Crippen LogP contribution in [0.25, 0.3) is 11.1 Å². The molecule has 2 aliphatic carbocycles. The first-order chi connectivity index (χ1) is 18.7. The second-order valence-corrected chi connectivity index (χ2v) is 12.2. The van der Waals surface area contributed by atoms with Crippen molar-refractivity contribution in [3.05, 3.63) is 58.7 Å². The van der Waals surface area contributed by atoms with Gasteiger partial charge < -0.3 is 0 Å². The van der Waals surface area contributed by atoms with Crippen LogP contribution >= 0.6 is 0 Å². The van der Waals surface area contributed by atoms with Crippen molar-refractivity contribution in [3.63, 3.8) is 0 Å². The molecule has 0 saturated heterocycles. The summed E-state index contributed by atoms with van der Waals surface area (Å²) < 4.78 is 0. The second kappa shape index (κ2) is 14.5. The molecule has 4 rings (SSSR count). The minimum Gasteiger partial charge on any atom is -0.192 e. The molecule has 2 fully saturated rings. The van der Waals surface area contributed by atoms with Gasteiger partial charge in [-0.25, -0.2) is 0 Å². The van der Waals surface area contributed by atoms with Crippen LogP contribution in [-0.2, 0) is 0 Å². The van der Waals surface area contributed by atoms with Crippen molar-refractivity contribution in [2.24, 2.45) is 11.8 Å². The Hall–Kier alpha value is -2.58. The van der Waals surface area contributed by atoms with E-state index in [9.17, 15) is 10.5 Å². The summed E-state index contributed by atoms with van der Waals surface area (Å²) >= 11 is 0. The van der Waals surface area contributed by atoms with Gasteiger partial charge in [0.05, 0.1) is 11.1 Å². The Morgan fingerprint density at radius 3 is 1.82 bits per heavy atom. The highest BCUT2D eigenvalue weighted by Gasteiger charge is 2.26. The van der Waals surface area contributed by atoms with Crippen molar-refractivity contribution in [1.82, 2.24) is 0 Å². The molecule has 0 bridgehead atoms. The molecule has 0 amide bonds. The summed E-state index contributed by atoms with van der Waals surface area (Å²) in [5, 5.41) is 20.3. The van der Waals surface area contributed by atoms with Crippen LogP contribution < -0.4 is 0 Å². The predicted octanol–water partition coefficient (Wildman–Crippen LogP) is 10.8. The molecule has 0 heterocycles. The number of unbranched alkanes of at least 4 members (excludes halogenated alkanes) is 4. The molecule has 0 radical (unpaired) electrons. The lowest BCUT2D eigenvalue weighted by Crippen LogP contribution is -2.15. The second-order valence-electron chi connectivity index (χ2n) is 12.2. The zero-order chi connectivity index (χ0) is 26.7. The number of nitriles is 2. The molecule has 2 aromatic rings. The quantitative estimate of drug-likeness (QED) is 0.283. The number of benzene rings is 2. The maximum absolute atomic E-state index is 10.1. The van der Waals surface area contributed by atoms with E-state index in [0.29, 0.717) is 23.0 Å². The van der Waals surface area contributed by atoms with Gasteiger partial charge in [0, 0.05) is 5.56 Å². The van der Waals surface area contributed by atoms with Gasteiger partial charge in [0.1, 0.15) is 12.1 Å². The number of hydrogen-bond acceptors (Lipinski definition) is 2. The maximum atomic E-state index is 10.1. The van der Waals surface area contributed by atoms with E-state index < -0.39 is 0 Å². The normalized spacial score (nSPS) is 23.5. The minimum absolute atomic E-state index is 0.410. The molecule has 202 valence electrons. The summed E-state index contributed by atoms with van der Waals surface area (Å²) in [6, 6.07) is 18.0. The average Bonchev–Trinajstić information content (AvgIpc) is 2.97. The molecule has 0 spiro atoms. The predicted molar refractivity (Wildman–Crippen MR) is 159 cm³/mol. The summed E-state index contributed by atoms with van der Waals surface area (Å²) in [5.41, 5.74) is 5.69. The van der Waals surface area contributed by atoms with Crippen LogP contribution in [0.5, 0.6) is 0 Å². The highest BCUT2D eigenvalue weighted by Crippen LogP contribution is 2.42. The molecule has 2 aliphatic rings. The van der Waals surface area contributed by atoms with Gasteiger partial charge >= 0.3 is 0 Å². The molecule has 2 aromatic carbocycles. The van der Waals surface area contributed by atoms with Gasteiger partial charge in [-0.1, -0.05) is 102 Å². The van der Waals surface area contributed by atoms with Crippen LogP contribution in [-0.4, -0.2) is 0 Å². The average molecular weight is 509 g/mol. The van der Waals surface area contributed by atoms with E-state index in [1.807, 2.05) is 0 Å². The third-order valence-electron chi connectivity index (χ3n) is 9.70. The number of nitrogens with zero attached hydrogens (tertiary/aromatic N) is 2. The molecule has 2 saturated carbocycles. The molecule has 38 heavy (non-hydrogen) atoms. The van der Waals surface area contributed by atoms with Crippen LogP contribution in [0.15, 0.2) is 36.4 Å². The van der Waals surface area contributed by atoms with Gasteiger partial charge in [-0.15, -0.1) is 0 Å². The van der Waals surface area contributed by atoms with Crippen molar-refractivity contribution in [2.45, 2.75) is 128 Å². The summed E-state index contributed by atoms with van der Waals surface area (Å²) in [6.45, 7) is 4.57. The van der Waals surface area contributed by atoms with Crippen molar-refractivity contribution < 1.29 is 0 Å². The molecule has 0 N–H and O–H groups in total. The Labute approximate surface area is 232 Å². The van der Waals surface area contributed by atoms with E-state index in [0.717, 1.165) is 41.4 Å². The largest absolute Gasteiger partial charge is 0.192 e. The molecule has 0 atom stereocenters. The van der Waals surface area contributed by atoms with E-state index in [1.54, 1.807) is 0 Å². The van der Waals surface area contributed by atoms with Crippen LogP contribution in [0.2, 0.25) is 0 Å². The number of hydrogen-bond donors (Lipinski definition) is 0. The third kappa shape index (κ3) is 7.08. The van der Waals surface area contributed by atoms with Crippen molar-refractivity contribution in [1.29, 1.82) is 10.5 Å². The van der Waals surface area contributed by atoms with Gasteiger partial charge in [-0.05, 0) is 91.7 Å². The lowest BCUT2D eigenvalue weighted by Gasteiger charge is -2.30. The Balaban J connectivity index is 1.41. The molecule has 2 heteroatoms. The van der Waals surface area contributed by atoms with Gasteiger partial charge in [0.15, 0.2) is 0 Å². The molecule has 2 nitrogen and oxygen atoms in total. The van der Waals surface area contributed by atoms with Crippen LogP contribution in [0, 0.1) is 34.5 Å². The molecule has 0 aliphatic heterocycles. The van der Waals surface area contributed by atoms with E-state index in [1.165, 1.54) is 95.5 Å². The standard InChI is InChI=1S/C36H48N2/c1-3-5-6-7-8-10-28-13-17-31(18-14-28)33-23-24-34(36(26-38)35(33)25-37)32-21-19-30(20-22-32)29-15-11-27(9-4-2)12-16-29/h19-24,27-29,31H,3-18H2,1-2H3. The SMILES string of the molecule is CCCCCCCC1CCC(c2ccc(-c3ccc(C4CCC(CCC)CC4)cc3)c(C#N)c2C#N)CC1. The minimum atomic E-state index is 0.410. The smallest absolute Gasteiger partial charge is 0.101 e. The van der Waals surface area contributed by atoms with E-state index in [4.69, 9.17) is 0 Å². The Morgan fingerprint density at radius 1 is 0.605 bits per heavy atom. The molecular formula is C36H48N2. The Bertz CT molecular complexity index is 1080. The topological polar surface area (TPSA) is 47.6 Å². The van der Waals surface area contributed by atoms with Gasteiger partial charge in [0.25, 0.3) is 0 Å². The van der Waals surface area contributed by atoms with Crippen molar-refractivity contribution >= 4 is 0 Å². The highest BCUT2D eigenvalue weighted by atomic mass is 14.3. The third-order valence-corrected chi connectivity index (χ3v) is 9.70. The van der Waals surface area contributed by atoms with E-state index >= 15 is 0 Å². The van der Waals surface area contributed by atoms with E-state index in [2.05, 4.69) is 62.4 Å². The fourth-order valence-electron chi connectivity index (χ4n) is 7.36. The first-order valence-corrected chi connectivity index (χ1v) is 15.8. The lowest BCUT2D eigenvalue weighted by molar-refractivity contribution is 0.301. The summed E-state index contributed by atoms with van der Waals surface area (Å²) in [4.78, 5) is 0. The van der Waals surface area contributed by atoms with Crippen LogP contribution in [0.4, 0.5) is 0 Å². The van der Waals surface area contributed by atoms with Gasteiger partial charge in [-0.2, -0.15) is 10.5 Å². The lowest BCUT2D eigenvalue weighted by atomic mass is 9.75. The maximum Gasteiger partial charge on any atom is 0.101 e. The Kier molecular flexibility index (Phi) is 10.9. The highest BCUT2D eigenvalue weighted by molar-refractivity contribution is 5.75. The first kappa shape index (κ1) is 28.4. The summed E-state index contributed by atoms with van der Waals surface area (Å²) in [5.74, 6) is 2.83. The zero-order valence-electron chi connectivity index (χ0n) is 24.0. The van der Waals surface area contributed by atoms with Crippen molar-refractivity contribution in [3.8, 4) is 23.3 Å². The Morgan fingerprint density at radius 2 is 1.21 bits per heavy atom. The number of rotatable bonds is 11. The van der Waals surface area contributed by atoms with Crippen LogP contribution in [0.3, 0.4) is 0 Å². The monoisotopic (exact) mass is 508 g/mol. The fourth-order valence-corrected chi connectivity index (χ4v) is 7.36. The van der Waals surface area contributed by atoms with Gasteiger partial charge in [0.2, 0.25) is 0 Å². The molecular weight excluding hydrogens is 460 g/mol. The summed E-state index contributed by atoms with van der Waals surface area (Å²) in [7, 11) is 0. The summed E-state index contributed by atoms with van der Waals surface area (Å²) in [6.07, 6.45) is 20.9. The zero-order valence-corrected chi connectivity index (χ0v) is 24.0. The molecule has 0 aromatic heterocycles. The van der Waals surface area contributed by atoms with E-state index in [-0.39, 0.29) is 0 Å². The fraction of sp³-hybridized carbons (Fsp3) is 0.611. The molecule has 0 unspecified atom stereocenters.